The van der Waals surface area contributed by atoms with Crippen molar-refractivity contribution in [3.8, 4) is 11.5 Å². The molecule has 23 heavy (non-hydrogen) atoms. The molecule has 1 N–H and O–H groups in total. The van der Waals surface area contributed by atoms with Crippen LogP contribution in [0.25, 0.3) is 0 Å². The van der Waals surface area contributed by atoms with Gasteiger partial charge in [-0.2, -0.15) is 0 Å². The first-order valence-electron chi connectivity index (χ1n) is 8.00. The van der Waals surface area contributed by atoms with E-state index in [1.165, 1.54) is 0 Å². The van der Waals surface area contributed by atoms with Crippen LogP contribution >= 0.6 is 0 Å². The van der Waals surface area contributed by atoms with E-state index in [9.17, 15) is 0 Å². The standard InChI is InChI=1S/C19H25NO3/c1-3-11-22-18-9-6-8-17(14-18)20-15-16-7-4-5-10-19(16)23-13-12-21-2/h4-10,14,20H,3,11-13,15H2,1-2H3. The van der Waals surface area contributed by atoms with Gasteiger partial charge in [0, 0.05) is 31.0 Å². The van der Waals surface area contributed by atoms with Crippen LogP contribution in [0.2, 0.25) is 0 Å². The molecule has 0 aliphatic rings. The van der Waals surface area contributed by atoms with Gasteiger partial charge in [0.15, 0.2) is 0 Å². The number of ether oxygens (including phenoxy) is 3. The lowest BCUT2D eigenvalue weighted by Crippen LogP contribution is -2.07. The first-order valence-corrected chi connectivity index (χ1v) is 8.00. The van der Waals surface area contributed by atoms with Crippen LogP contribution in [0.4, 0.5) is 5.69 Å². The third-order valence-electron chi connectivity index (χ3n) is 3.31. The van der Waals surface area contributed by atoms with Crippen LogP contribution < -0.4 is 14.8 Å². The second-order valence-electron chi connectivity index (χ2n) is 5.18. The largest absolute Gasteiger partial charge is 0.494 e. The first-order chi connectivity index (χ1) is 11.3. The molecule has 0 atom stereocenters. The summed E-state index contributed by atoms with van der Waals surface area (Å²) in [4.78, 5) is 0. The van der Waals surface area contributed by atoms with Crippen molar-refractivity contribution in [3.05, 3.63) is 54.1 Å². The Bertz CT molecular complexity index is 586. The molecule has 0 spiro atoms. The summed E-state index contributed by atoms with van der Waals surface area (Å²) in [5.74, 6) is 1.77. The van der Waals surface area contributed by atoms with Gasteiger partial charge in [-0.25, -0.2) is 0 Å². The molecule has 0 amide bonds. The first kappa shape index (κ1) is 17.2. The van der Waals surface area contributed by atoms with Crippen molar-refractivity contribution >= 4 is 5.69 Å². The Morgan fingerprint density at radius 2 is 1.78 bits per heavy atom. The van der Waals surface area contributed by atoms with E-state index < -0.39 is 0 Å². The molecule has 4 heteroatoms. The van der Waals surface area contributed by atoms with E-state index in [-0.39, 0.29) is 0 Å². The highest BCUT2D eigenvalue weighted by molar-refractivity contribution is 5.49. The van der Waals surface area contributed by atoms with E-state index in [1.54, 1.807) is 7.11 Å². The summed E-state index contributed by atoms with van der Waals surface area (Å²) >= 11 is 0. The molecule has 0 unspecified atom stereocenters. The highest BCUT2D eigenvalue weighted by atomic mass is 16.5. The molecular formula is C19H25NO3. The summed E-state index contributed by atoms with van der Waals surface area (Å²) in [6.45, 7) is 4.66. The third-order valence-corrected chi connectivity index (χ3v) is 3.31. The Morgan fingerprint density at radius 3 is 2.61 bits per heavy atom. The average Bonchev–Trinajstić information content (AvgIpc) is 2.60. The molecule has 0 aromatic heterocycles. The molecule has 0 saturated carbocycles. The van der Waals surface area contributed by atoms with Gasteiger partial charge in [0.1, 0.15) is 18.1 Å². The summed E-state index contributed by atoms with van der Waals surface area (Å²) in [6.07, 6.45) is 1.00. The van der Waals surface area contributed by atoms with E-state index in [0.717, 1.165) is 35.8 Å². The van der Waals surface area contributed by atoms with Gasteiger partial charge < -0.3 is 19.5 Å². The lowest BCUT2D eigenvalue weighted by Gasteiger charge is -2.13. The number of anilines is 1. The summed E-state index contributed by atoms with van der Waals surface area (Å²) in [5, 5.41) is 3.42. The number of hydrogen-bond acceptors (Lipinski definition) is 4. The fourth-order valence-electron chi connectivity index (χ4n) is 2.14. The van der Waals surface area contributed by atoms with Gasteiger partial charge >= 0.3 is 0 Å². The third kappa shape index (κ3) is 5.83. The summed E-state index contributed by atoms with van der Waals surface area (Å²) in [6, 6.07) is 16.1. The van der Waals surface area contributed by atoms with Crippen molar-refractivity contribution in [3.63, 3.8) is 0 Å². The highest BCUT2D eigenvalue weighted by Gasteiger charge is 2.03. The zero-order valence-corrected chi connectivity index (χ0v) is 13.9. The van der Waals surface area contributed by atoms with Gasteiger partial charge in [-0.15, -0.1) is 0 Å². The van der Waals surface area contributed by atoms with Crippen LogP contribution in [-0.2, 0) is 11.3 Å². The fraction of sp³-hybridized carbons (Fsp3) is 0.368. The minimum Gasteiger partial charge on any atom is -0.494 e. The second-order valence-corrected chi connectivity index (χ2v) is 5.18. The minimum atomic E-state index is 0.549. The van der Waals surface area contributed by atoms with Gasteiger partial charge in [0.25, 0.3) is 0 Å². The van der Waals surface area contributed by atoms with Crippen LogP contribution in [0.3, 0.4) is 0 Å². The van der Waals surface area contributed by atoms with Crippen molar-refractivity contribution < 1.29 is 14.2 Å². The Hall–Kier alpha value is -2.20. The lowest BCUT2D eigenvalue weighted by molar-refractivity contribution is 0.146. The summed E-state index contributed by atoms with van der Waals surface area (Å²) in [5.41, 5.74) is 2.15. The molecule has 0 aliphatic heterocycles. The van der Waals surface area contributed by atoms with Crippen LogP contribution in [0.1, 0.15) is 18.9 Å². The van der Waals surface area contributed by atoms with Crippen molar-refractivity contribution in [1.82, 2.24) is 0 Å². The van der Waals surface area contributed by atoms with E-state index in [4.69, 9.17) is 14.2 Å². The maximum Gasteiger partial charge on any atom is 0.124 e. The molecule has 0 heterocycles. The molecule has 0 fully saturated rings. The summed E-state index contributed by atoms with van der Waals surface area (Å²) < 4.78 is 16.4. The van der Waals surface area contributed by atoms with Crippen molar-refractivity contribution in [2.75, 3.05) is 32.2 Å². The van der Waals surface area contributed by atoms with Gasteiger partial charge in [0.05, 0.1) is 13.2 Å². The average molecular weight is 315 g/mol. The molecular weight excluding hydrogens is 290 g/mol. The highest BCUT2D eigenvalue weighted by Crippen LogP contribution is 2.22. The monoisotopic (exact) mass is 315 g/mol. The quantitative estimate of drug-likeness (QED) is 0.670. The maximum absolute atomic E-state index is 5.75. The number of benzene rings is 2. The number of hydrogen-bond donors (Lipinski definition) is 1. The van der Waals surface area contributed by atoms with Crippen molar-refractivity contribution in [2.24, 2.45) is 0 Å². The Labute approximate surface area is 138 Å². The lowest BCUT2D eigenvalue weighted by atomic mass is 10.2. The molecule has 2 rings (SSSR count). The summed E-state index contributed by atoms with van der Waals surface area (Å²) in [7, 11) is 1.67. The predicted molar refractivity (Wildman–Crippen MR) is 93.4 cm³/mol. The molecule has 4 nitrogen and oxygen atoms in total. The van der Waals surface area contributed by atoms with Crippen LogP contribution in [0.5, 0.6) is 11.5 Å². The van der Waals surface area contributed by atoms with Gasteiger partial charge in [-0.05, 0) is 24.6 Å². The fourth-order valence-corrected chi connectivity index (χ4v) is 2.14. The zero-order chi connectivity index (χ0) is 16.3. The van der Waals surface area contributed by atoms with Crippen molar-refractivity contribution in [2.45, 2.75) is 19.9 Å². The molecule has 0 radical (unpaired) electrons. The van der Waals surface area contributed by atoms with Crippen molar-refractivity contribution in [1.29, 1.82) is 0 Å². The van der Waals surface area contributed by atoms with Gasteiger partial charge in [-0.3, -0.25) is 0 Å². The molecule has 0 saturated heterocycles. The zero-order valence-electron chi connectivity index (χ0n) is 13.9. The maximum atomic E-state index is 5.75. The smallest absolute Gasteiger partial charge is 0.124 e. The van der Waals surface area contributed by atoms with E-state index in [1.807, 2.05) is 42.5 Å². The van der Waals surface area contributed by atoms with Crippen LogP contribution in [0, 0.1) is 0 Å². The molecule has 124 valence electrons. The number of para-hydroxylation sites is 1. The van der Waals surface area contributed by atoms with Gasteiger partial charge in [-0.1, -0.05) is 31.2 Å². The molecule has 0 aliphatic carbocycles. The molecule has 2 aromatic rings. The normalized spacial score (nSPS) is 10.3. The van der Waals surface area contributed by atoms with E-state index in [0.29, 0.717) is 19.8 Å². The topological polar surface area (TPSA) is 39.7 Å². The Morgan fingerprint density at radius 1 is 0.913 bits per heavy atom. The Balaban J connectivity index is 1.95. The Kier molecular flexibility index (Phi) is 7.27. The van der Waals surface area contributed by atoms with E-state index in [2.05, 4.69) is 18.3 Å². The molecule has 0 bridgehead atoms. The van der Waals surface area contributed by atoms with Gasteiger partial charge in [0.2, 0.25) is 0 Å². The number of rotatable bonds is 10. The second kappa shape index (κ2) is 9.74. The SMILES string of the molecule is CCCOc1cccc(NCc2ccccc2OCCOC)c1. The predicted octanol–water partition coefficient (Wildman–Crippen LogP) is 4.11. The minimum absolute atomic E-state index is 0.549. The molecule has 2 aromatic carbocycles. The van der Waals surface area contributed by atoms with Crippen LogP contribution in [-0.4, -0.2) is 26.9 Å². The number of nitrogens with one attached hydrogen (secondary N) is 1. The van der Waals surface area contributed by atoms with E-state index >= 15 is 0 Å². The number of methoxy groups -OCH3 is 1. The van der Waals surface area contributed by atoms with Crippen LogP contribution in [0.15, 0.2) is 48.5 Å².